The molecule has 0 aliphatic carbocycles. The number of aliphatic imine (C=N–C) groups is 1. The zero-order valence-corrected chi connectivity index (χ0v) is 40.6. The molecule has 1 amide bonds. The van der Waals surface area contributed by atoms with Crippen molar-refractivity contribution in [1.82, 2.24) is 25.3 Å². The van der Waals surface area contributed by atoms with Gasteiger partial charge in [0.2, 0.25) is 5.91 Å². The number of guanidine groups is 1. The summed E-state index contributed by atoms with van der Waals surface area (Å²) in [6.45, 7) is 13.6. The molecule has 0 radical (unpaired) electrons. The van der Waals surface area contributed by atoms with Crippen LogP contribution in [0.2, 0.25) is 0 Å². The van der Waals surface area contributed by atoms with Crippen LogP contribution in [0.25, 0.3) is 39.3 Å². The predicted molar refractivity (Wildman–Crippen MR) is 203 cm³/mol. The minimum Gasteiger partial charge on any atom is -0.550 e. The second-order valence-corrected chi connectivity index (χ2v) is 13.9. The van der Waals surface area contributed by atoms with Gasteiger partial charge in [-0.05, 0) is 93.3 Å². The number of amides is 1. The first-order valence-electron chi connectivity index (χ1n) is 18.1. The maximum Gasteiger partial charge on any atom is 1.00 e. The number of allylic oxidation sites excluding steroid dienone is 1. The van der Waals surface area contributed by atoms with Crippen LogP contribution in [-0.4, -0.2) is 62.3 Å². The van der Waals surface area contributed by atoms with E-state index in [1.807, 2.05) is 39.8 Å². The van der Waals surface area contributed by atoms with Gasteiger partial charge >= 0.3 is 88.7 Å². The molecule has 3 aromatic rings. The third-order valence-corrected chi connectivity index (χ3v) is 10.5. The molecule has 1 unspecified atom stereocenters. The Hall–Kier alpha value is -3.09. The fourth-order valence-electron chi connectivity index (χ4n) is 7.37. The number of carbonyl (C=O) groups excluding carboxylic acids is 4. The number of aryl methyl sites for hydroxylation is 3. The Bertz CT molecular complexity index is 2330. The van der Waals surface area contributed by atoms with Gasteiger partial charge in [0.15, 0.2) is 5.96 Å². The van der Waals surface area contributed by atoms with Crippen LogP contribution in [0.4, 0.5) is 0 Å². The van der Waals surface area contributed by atoms with Crippen molar-refractivity contribution in [3.05, 3.63) is 75.4 Å². The van der Waals surface area contributed by atoms with Crippen molar-refractivity contribution in [3.63, 3.8) is 0 Å². The third kappa shape index (κ3) is 11.2. The molecule has 2 aliphatic heterocycles. The predicted octanol–water partition coefficient (Wildman–Crippen LogP) is -7.92. The fraction of sp³-hybridized carbons (Fsp3) is 0.375. The Balaban J connectivity index is 0.00000387. The third-order valence-electron chi connectivity index (χ3n) is 10.5. The van der Waals surface area contributed by atoms with Crippen molar-refractivity contribution in [2.45, 2.75) is 91.0 Å². The Morgan fingerprint density at radius 1 is 0.966 bits per heavy atom. The summed E-state index contributed by atoms with van der Waals surface area (Å²) in [6.07, 6.45) is 2.07. The molecule has 8 bridgehead atoms. The summed E-state index contributed by atoms with van der Waals surface area (Å²) in [4.78, 5) is 70.3. The average molecular weight is 819 g/mol. The van der Waals surface area contributed by atoms with Crippen molar-refractivity contribution in [3.8, 4) is 0 Å². The first-order chi connectivity index (χ1) is 26.1. The molecule has 0 saturated carbocycles. The van der Waals surface area contributed by atoms with E-state index < -0.39 is 42.2 Å². The second-order valence-electron chi connectivity index (χ2n) is 13.9. The molecule has 290 valence electrons. The maximum absolute atomic E-state index is 13.7. The van der Waals surface area contributed by atoms with Crippen molar-refractivity contribution in [2.75, 3.05) is 6.54 Å². The number of aromatic amines is 2. The number of aliphatic carboxylic acids is 3. The number of hydrogen-bond acceptors (Lipinski definition) is 11. The monoisotopic (exact) mass is 818 g/mol. The average Bonchev–Trinajstić information content (AvgIpc) is 3.80. The number of carboxylic acids is 3. The molecule has 5 rings (SSSR count). The van der Waals surface area contributed by atoms with Gasteiger partial charge in [0.05, 0.1) is 35.4 Å². The van der Waals surface area contributed by atoms with E-state index in [0.717, 1.165) is 44.3 Å². The summed E-state index contributed by atoms with van der Waals surface area (Å²) < 4.78 is 0. The molecule has 0 fully saturated rings. The Kier molecular flexibility index (Phi) is 19.3. The number of carbonyl (C=O) groups is 4. The van der Waals surface area contributed by atoms with Crippen LogP contribution in [0.3, 0.4) is 0 Å². The molecule has 58 heavy (non-hydrogen) atoms. The molecule has 0 spiro atoms. The largest absolute Gasteiger partial charge is 1.00 e. The van der Waals surface area contributed by atoms with Gasteiger partial charge in [-0.25, -0.2) is 4.98 Å². The first kappa shape index (κ1) is 51.1. The van der Waals surface area contributed by atoms with E-state index in [4.69, 9.17) is 21.4 Å². The minimum absolute atomic E-state index is 0. The number of nitrogens with one attached hydrogen (secondary N) is 3. The second kappa shape index (κ2) is 22.0. The number of hydrogen-bond donors (Lipinski definition) is 5. The quantitative estimate of drug-likeness (QED) is 0.0468. The van der Waals surface area contributed by atoms with Crippen LogP contribution in [0.1, 0.15) is 109 Å². The molecule has 5 heterocycles. The number of rotatable bonds is 13. The molecule has 0 saturated heterocycles. The molecule has 2 aliphatic rings. The number of aromatic nitrogens is 4. The SMILES string of the molecule is C=Cc1c(C)c2cc3nc(c(CC(=O)NC(N)=NCCCC(N)C(=O)[O-])c4nc(cc5[nH]c(cc1[nH]2)c(C)c5CC)C(C)=C4C(=O)[O-])[C@@H](CCC(=O)[O-])[C@@H]3C.[Na+].[Na+].[Na+]. The summed E-state index contributed by atoms with van der Waals surface area (Å²) in [5, 5.41) is 38.1. The van der Waals surface area contributed by atoms with Gasteiger partial charge in [-0.1, -0.05) is 26.5 Å². The molecule has 15 nitrogen and oxygen atoms in total. The van der Waals surface area contributed by atoms with Gasteiger partial charge in [0.1, 0.15) is 0 Å². The smallest absolute Gasteiger partial charge is 0.550 e. The summed E-state index contributed by atoms with van der Waals surface area (Å²) in [5.74, 6) is -6.07. The minimum atomic E-state index is -1.52. The maximum atomic E-state index is 13.7. The van der Waals surface area contributed by atoms with Gasteiger partial charge in [-0.2, -0.15) is 0 Å². The van der Waals surface area contributed by atoms with Gasteiger partial charge in [-0.15, -0.1) is 0 Å². The molecular weight excluding hydrogens is 773 g/mol. The van der Waals surface area contributed by atoms with Crippen LogP contribution in [0, 0.1) is 13.8 Å². The standard InChI is InChI=1S/C40H48N8O7.3Na/c1-7-22-18(3)27-15-29-20(5)24(11-12-34(50)51)36(46-29)25(14-33(49)48-40(42)43-13-9-10-26(41)38(52)53)37-35(39(54)55)21(6)30(47-37)17-32-23(8-2)19(4)28(45-32)16-31(22)44-27;;;/h7,15-17,20,24,26,44-45H,1,8-14,41H2,2-6H3,(H,50,51)(H,52,53)(H,54,55)(H3,42,43,48,49);;;/q;3*+1/p-3/t20-,24-,26?;;;/m0.../s1. The number of nitrogens with two attached hydrogens (primary N) is 2. The van der Waals surface area contributed by atoms with Crippen molar-refractivity contribution >= 4 is 69.1 Å². The van der Waals surface area contributed by atoms with Crippen molar-refractivity contribution in [2.24, 2.45) is 16.5 Å². The van der Waals surface area contributed by atoms with Gasteiger partial charge in [-0.3, -0.25) is 20.1 Å². The molecule has 3 aromatic heterocycles. The number of H-pyrrole nitrogens is 2. The van der Waals surface area contributed by atoms with E-state index in [2.05, 4.69) is 26.9 Å². The molecular formula is C40H45N8Na3O7. The van der Waals surface area contributed by atoms with Crippen LogP contribution in [0.5, 0.6) is 0 Å². The normalized spacial score (nSPS) is 15.4. The molecule has 18 heteroatoms. The van der Waals surface area contributed by atoms with E-state index in [1.54, 1.807) is 19.1 Å². The number of carboxylic acid groups (broad SMARTS) is 3. The summed E-state index contributed by atoms with van der Waals surface area (Å²) >= 11 is 0. The fourth-order valence-corrected chi connectivity index (χ4v) is 7.37. The van der Waals surface area contributed by atoms with Crippen LogP contribution >= 0.6 is 0 Å². The van der Waals surface area contributed by atoms with Gasteiger partial charge in [0.25, 0.3) is 0 Å². The van der Waals surface area contributed by atoms with E-state index in [-0.39, 0.29) is 150 Å². The van der Waals surface area contributed by atoms with E-state index in [9.17, 15) is 34.5 Å². The topological polar surface area (TPSA) is 271 Å². The van der Waals surface area contributed by atoms with E-state index in [1.165, 1.54) is 0 Å². The summed E-state index contributed by atoms with van der Waals surface area (Å²) in [6, 6.07) is 4.47. The van der Waals surface area contributed by atoms with Crippen LogP contribution < -0.4 is 121 Å². The summed E-state index contributed by atoms with van der Waals surface area (Å²) in [5.41, 5.74) is 19.8. The van der Waals surface area contributed by atoms with Crippen LogP contribution in [-0.2, 0) is 32.0 Å². The molecule has 3 atom stereocenters. The van der Waals surface area contributed by atoms with Gasteiger partial charge < -0.3 is 51.1 Å². The summed E-state index contributed by atoms with van der Waals surface area (Å²) in [7, 11) is 0. The number of fused-ring (bicyclic) bond motifs is 8. The molecule has 0 aromatic carbocycles. The zero-order valence-electron chi connectivity index (χ0n) is 34.6. The van der Waals surface area contributed by atoms with Crippen molar-refractivity contribution < 1.29 is 123 Å². The molecule has 7 N–H and O–H groups in total. The van der Waals surface area contributed by atoms with E-state index >= 15 is 0 Å². The Morgan fingerprint density at radius 3 is 2.22 bits per heavy atom. The Morgan fingerprint density at radius 2 is 1.62 bits per heavy atom. The van der Waals surface area contributed by atoms with Gasteiger partial charge in [0, 0.05) is 74.9 Å². The van der Waals surface area contributed by atoms with Crippen molar-refractivity contribution in [1.29, 1.82) is 0 Å². The van der Waals surface area contributed by atoms with E-state index in [0.29, 0.717) is 29.1 Å². The van der Waals surface area contributed by atoms with Crippen LogP contribution in [0.15, 0.2) is 29.8 Å². The Labute approximate surface area is 402 Å². The first-order valence-corrected chi connectivity index (χ1v) is 18.1. The zero-order chi connectivity index (χ0) is 40.3. The number of nitrogens with zero attached hydrogens (tertiary/aromatic N) is 3.